The number of pyridine rings is 2. The Morgan fingerprint density at radius 3 is 2.76 bits per heavy atom. The van der Waals surface area contributed by atoms with Crippen LogP contribution in [0.5, 0.6) is 0 Å². The molecule has 41 heavy (non-hydrogen) atoms. The van der Waals surface area contributed by atoms with E-state index in [-0.39, 0.29) is 24.1 Å². The van der Waals surface area contributed by atoms with E-state index < -0.39 is 5.41 Å². The van der Waals surface area contributed by atoms with Crippen LogP contribution in [0.1, 0.15) is 59.9 Å². The maximum Gasteiger partial charge on any atom is 0.272 e. The first-order valence-corrected chi connectivity index (χ1v) is 14.8. The molecule has 5 aromatic rings. The molecule has 2 aliphatic carbocycles. The Labute approximate surface area is 245 Å². The summed E-state index contributed by atoms with van der Waals surface area (Å²) in [4.78, 5) is 39.0. The van der Waals surface area contributed by atoms with Crippen LogP contribution in [-0.4, -0.2) is 31.0 Å². The van der Waals surface area contributed by atoms with Gasteiger partial charge in [0.05, 0.1) is 46.0 Å². The van der Waals surface area contributed by atoms with E-state index in [4.69, 9.17) is 15.7 Å². The number of nitrogens with two attached hydrogens (primary N) is 1. The summed E-state index contributed by atoms with van der Waals surface area (Å²) in [5, 5.41) is 8.95. The van der Waals surface area contributed by atoms with E-state index in [2.05, 4.69) is 38.3 Å². The van der Waals surface area contributed by atoms with Gasteiger partial charge in [-0.1, -0.05) is 34.1 Å². The van der Waals surface area contributed by atoms with Crippen LogP contribution in [0.4, 0.5) is 0 Å². The van der Waals surface area contributed by atoms with E-state index >= 15 is 0 Å². The van der Waals surface area contributed by atoms with Crippen molar-refractivity contribution in [2.75, 3.05) is 0 Å². The summed E-state index contributed by atoms with van der Waals surface area (Å²) in [6.45, 7) is 0.574. The molecule has 2 aromatic carbocycles. The Hall–Kier alpha value is -3.95. The topological polar surface area (TPSA) is 118 Å². The number of halogens is 1. The van der Waals surface area contributed by atoms with E-state index in [1.54, 1.807) is 6.07 Å². The fourth-order valence-corrected chi connectivity index (χ4v) is 6.82. The van der Waals surface area contributed by atoms with Gasteiger partial charge in [-0.15, -0.1) is 0 Å². The molecule has 0 aliphatic heterocycles. The van der Waals surface area contributed by atoms with Gasteiger partial charge in [0.25, 0.3) is 5.56 Å². The van der Waals surface area contributed by atoms with E-state index in [0.29, 0.717) is 23.0 Å². The van der Waals surface area contributed by atoms with Gasteiger partial charge in [-0.05, 0) is 85.7 Å². The van der Waals surface area contributed by atoms with Gasteiger partial charge in [0.1, 0.15) is 0 Å². The summed E-state index contributed by atoms with van der Waals surface area (Å²) in [5.41, 5.74) is 10.4. The average molecular weight is 610 g/mol. The highest BCUT2D eigenvalue weighted by Crippen LogP contribution is 2.52. The second-order valence-corrected chi connectivity index (χ2v) is 11.9. The number of nitrogens with zero attached hydrogens (tertiary/aromatic N) is 4. The molecule has 3 heterocycles. The molecule has 0 spiro atoms. The Kier molecular flexibility index (Phi) is 6.43. The van der Waals surface area contributed by atoms with Crippen LogP contribution < -0.4 is 11.3 Å². The number of amides is 1. The lowest BCUT2D eigenvalue weighted by Gasteiger charge is -2.37. The highest BCUT2D eigenvalue weighted by atomic mass is 79.9. The molecule has 206 valence electrons. The van der Waals surface area contributed by atoms with Gasteiger partial charge in [0.15, 0.2) is 0 Å². The molecule has 0 radical (unpaired) electrons. The highest BCUT2D eigenvalue weighted by Gasteiger charge is 2.54. The number of aryl methyl sites for hydroxylation is 1. The SMILES string of the molecule is NCc1n[nH]c(=O)c2ccc(C3(C(=O)N(Cc4ccc5c(Br)cccc5n4)C4CCCc5cccnc54)CC3)cc12. The first-order valence-electron chi connectivity index (χ1n) is 14.0. The maximum absolute atomic E-state index is 14.8. The van der Waals surface area contributed by atoms with Crippen LogP contribution in [0.3, 0.4) is 0 Å². The molecule has 8 nitrogen and oxygen atoms in total. The first-order chi connectivity index (χ1) is 20.0. The number of rotatable bonds is 6. The van der Waals surface area contributed by atoms with E-state index in [9.17, 15) is 9.59 Å². The second kappa shape index (κ2) is 10.2. The van der Waals surface area contributed by atoms with E-state index in [1.165, 1.54) is 5.56 Å². The van der Waals surface area contributed by atoms with Crippen LogP contribution >= 0.6 is 15.9 Å². The predicted octanol–water partition coefficient (Wildman–Crippen LogP) is 5.23. The molecule has 3 N–H and O–H groups in total. The number of nitrogens with one attached hydrogen (secondary N) is 1. The summed E-state index contributed by atoms with van der Waals surface area (Å²) in [6.07, 6.45) is 6.09. The summed E-state index contributed by atoms with van der Waals surface area (Å²) in [7, 11) is 0. The second-order valence-electron chi connectivity index (χ2n) is 11.0. The van der Waals surface area contributed by atoms with Crippen LogP contribution in [0, 0.1) is 0 Å². The molecule has 7 rings (SSSR count). The number of carbonyl (C=O) groups is 1. The Balaban J connectivity index is 1.32. The predicted molar refractivity (Wildman–Crippen MR) is 161 cm³/mol. The van der Waals surface area contributed by atoms with Crippen LogP contribution in [0.2, 0.25) is 0 Å². The average Bonchev–Trinajstić information content (AvgIpc) is 3.82. The number of aromatic nitrogens is 4. The molecule has 2 aliphatic rings. The van der Waals surface area contributed by atoms with Crippen LogP contribution in [0.25, 0.3) is 21.7 Å². The lowest BCUT2D eigenvalue weighted by molar-refractivity contribution is -0.137. The zero-order valence-corrected chi connectivity index (χ0v) is 24.0. The van der Waals surface area contributed by atoms with Gasteiger partial charge in [-0.3, -0.25) is 19.6 Å². The van der Waals surface area contributed by atoms with E-state index in [0.717, 1.165) is 64.4 Å². The van der Waals surface area contributed by atoms with Gasteiger partial charge in [-0.2, -0.15) is 5.10 Å². The lowest BCUT2D eigenvalue weighted by atomic mass is 9.87. The standard InChI is InChI=1S/C32H29BrN6O2/c33-25-6-2-7-26-23(25)12-10-21(36-26)18-39(28-8-1-4-19-5-3-15-35-29(19)28)31(41)32(13-14-32)20-9-11-22-24(16-20)27(17-34)37-38-30(22)40/h2-3,5-7,9-12,15-16,28H,1,4,8,13-14,17-18,34H2,(H,38,40). The smallest absolute Gasteiger partial charge is 0.272 e. The number of hydrogen-bond donors (Lipinski definition) is 2. The molecule has 1 amide bonds. The monoisotopic (exact) mass is 608 g/mol. The molecular weight excluding hydrogens is 580 g/mol. The number of fused-ring (bicyclic) bond motifs is 3. The molecule has 1 unspecified atom stereocenters. The summed E-state index contributed by atoms with van der Waals surface area (Å²) >= 11 is 3.62. The van der Waals surface area contributed by atoms with Crippen molar-refractivity contribution < 1.29 is 4.79 Å². The fraction of sp³-hybridized carbons (Fsp3) is 0.281. The normalized spacial score (nSPS) is 17.4. The largest absolute Gasteiger partial charge is 0.327 e. The van der Waals surface area contributed by atoms with Crippen molar-refractivity contribution in [2.45, 2.75) is 56.7 Å². The van der Waals surface area contributed by atoms with E-state index in [1.807, 2.05) is 53.6 Å². The van der Waals surface area contributed by atoms with Crippen molar-refractivity contribution in [1.82, 2.24) is 25.1 Å². The molecule has 0 saturated heterocycles. The van der Waals surface area contributed by atoms with Crippen LogP contribution in [-0.2, 0) is 29.7 Å². The third-order valence-corrected chi connectivity index (χ3v) is 9.34. The Bertz CT molecular complexity index is 1880. The fourth-order valence-electron chi connectivity index (χ4n) is 6.33. The number of aromatic amines is 1. The highest BCUT2D eigenvalue weighted by molar-refractivity contribution is 9.10. The zero-order valence-electron chi connectivity index (χ0n) is 22.4. The van der Waals surface area contributed by atoms with Gasteiger partial charge in [-0.25, -0.2) is 5.10 Å². The van der Waals surface area contributed by atoms with Gasteiger partial charge >= 0.3 is 0 Å². The summed E-state index contributed by atoms with van der Waals surface area (Å²) < 4.78 is 0.991. The molecule has 1 fully saturated rings. The Morgan fingerprint density at radius 2 is 1.93 bits per heavy atom. The minimum Gasteiger partial charge on any atom is -0.327 e. The van der Waals surface area contributed by atoms with Gasteiger partial charge in [0.2, 0.25) is 5.91 Å². The first kappa shape index (κ1) is 26.0. The number of H-pyrrole nitrogens is 1. The van der Waals surface area contributed by atoms with Gasteiger partial charge < -0.3 is 10.6 Å². The number of hydrogen-bond acceptors (Lipinski definition) is 6. The van der Waals surface area contributed by atoms with Gasteiger partial charge in [0, 0.05) is 28.0 Å². The zero-order chi connectivity index (χ0) is 28.1. The summed E-state index contributed by atoms with van der Waals surface area (Å²) in [6, 6.07) is 19.7. The van der Waals surface area contributed by atoms with Crippen molar-refractivity contribution >= 4 is 43.5 Å². The molecule has 3 aromatic heterocycles. The van der Waals surface area contributed by atoms with Crippen molar-refractivity contribution in [3.05, 3.63) is 110 Å². The molecule has 0 bridgehead atoms. The van der Waals surface area contributed by atoms with Crippen LogP contribution in [0.15, 0.2) is 76.1 Å². The third-order valence-electron chi connectivity index (χ3n) is 8.64. The lowest BCUT2D eigenvalue weighted by Crippen LogP contribution is -2.43. The molecule has 1 atom stereocenters. The van der Waals surface area contributed by atoms with Crippen molar-refractivity contribution in [2.24, 2.45) is 5.73 Å². The number of benzene rings is 2. The molecular formula is C32H29BrN6O2. The Morgan fingerprint density at radius 1 is 1.07 bits per heavy atom. The minimum absolute atomic E-state index is 0.0728. The van der Waals surface area contributed by atoms with Crippen molar-refractivity contribution in [3.63, 3.8) is 0 Å². The quantitative estimate of drug-likeness (QED) is 0.273. The minimum atomic E-state index is -0.672. The molecule has 9 heteroatoms. The van der Waals surface area contributed by atoms with Crippen molar-refractivity contribution in [3.8, 4) is 0 Å². The summed E-state index contributed by atoms with van der Waals surface area (Å²) in [5.74, 6) is 0.0728. The van der Waals surface area contributed by atoms with Crippen molar-refractivity contribution in [1.29, 1.82) is 0 Å². The molecule has 1 saturated carbocycles. The third kappa shape index (κ3) is 4.44. The number of carbonyl (C=O) groups excluding carboxylic acids is 1. The maximum atomic E-state index is 14.8.